The van der Waals surface area contributed by atoms with Crippen molar-refractivity contribution in [3.63, 3.8) is 0 Å². The van der Waals surface area contributed by atoms with E-state index in [9.17, 15) is 5.26 Å². The lowest BCUT2D eigenvalue weighted by Gasteiger charge is -2.28. The highest BCUT2D eigenvalue weighted by Crippen LogP contribution is 2.53. The zero-order chi connectivity index (χ0) is 76.2. The molecule has 538 valence electrons. The van der Waals surface area contributed by atoms with E-state index in [2.05, 4.69) is 404 Å². The van der Waals surface area contributed by atoms with Crippen molar-refractivity contribution in [3.05, 3.63) is 400 Å². The molecular formula is C107H65N9. The summed E-state index contributed by atoms with van der Waals surface area (Å²) in [5.41, 5.74) is 28.0. The molecule has 0 amide bonds. The molecule has 0 aliphatic heterocycles. The van der Waals surface area contributed by atoms with Crippen molar-refractivity contribution in [1.82, 2.24) is 37.4 Å². The Labute approximate surface area is 665 Å². The number of rotatable bonds is 11. The molecule has 24 rings (SSSR count). The van der Waals surface area contributed by atoms with Crippen molar-refractivity contribution in [2.24, 2.45) is 0 Å². The average molecular weight is 1480 g/mol. The molecule has 0 aliphatic rings. The molecule has 116 heavy (non-hydrogen) atoms. The van der Waals surface area contributed by atoms with Crippen LogP contribution in [0.15, 0.2) is 395 Å². The Bertz CT molecular complexity index is 7920. The van der Waals surface area contributed by atoms with Gasteiger partial charge in [-0.05, 0) is 203 Å². The first kappa shape index (κ1) is 64.9. The van der Waals surface area contributed by atoms with Gasteiger partial charge < -0.3 is 27.4 Å². The van der Waals surface area contributed by atoms with E-state index in [0.717, 1.165) is 166 Å². The Kier molecular flexibility index (Phi) is 14.3. The number of hydrogen-bond acceptors (Lipinski definition) is 3. The van der Waals surface area contributed by atoms with Gasteiger partial charge in [-0.25, -0.2) is 0 Å². The minimum absolute atomic E-state index is 0.445. The second-order valence-electron chi connectivity index (χ2n) is 30.2. The third-order valence-electron chi connectivity index (χ3n) is 24.1. The lowest BCUT2D eigenvalue weighted by atomic mass is 9.91. The van der Waals surface area contributed by atoms with E-state index in [4.69, 9.17) is 9.97 Å². The summed E-state index contributed by atoms with van der Waals surface area (Å²) >= 11 is 0. The third-order valence-corrected chi connectivity index (χ3v) is 24.1. The molecule has 24 aromatic rings. The van der Waals surface area contributed by atoms with E-state index in [-0.39, 0.29) is 0 Å². The highest BCUT2D eigenvalue weighted by Gasteiger charge is 2.35. The average Bonchev–Trinajstić information content (AvgIpc) is 1.13. The molecule has 8 heterocycles. The Morgan fingerprint density at radius 1 is 0.190 bits per heavy atom. The minimum atomic E-state index is 0.445. The molecule has 0 fully saturated rings. The van der Waals surface area contributed by atoms with Crippen LogP contribution in [0.25, 0.3) is 221 Å². The third kappa shape index (κ3) is 9.62. The Hall–Kier alpha value is -15.9. The van der Waals surface area contributed by atoms with Gasteiger partial charge in [-0.1, -0.05) is 212 Å². The van der Waals surface area contributed by atoms with E-state index in [1.165, 1.54) is 32.3 Å². The molecule has 0 N–H and O–H groups in total. The fourth-order valence-corrected chi connectivity index (χ4v) is 19.2. The van der Waals surface area contributed by atoms with Crippen LogP contribution in [0.2, 0.25) is 0 Å². The lowest BCUT2D eigenvalue weighted by molar-refractivity contribution is 1.08. The first-order valence-corrected chi connectivity index (χ1v) is 39.4. The maximum atomic E-state index is 13.2. The largest absolute Gasteiger partial charge is 0.309 e. The Morgan fingerprint density at radius 2 is 0.405 bits per heavy atom. The number of pyridine rings is 2. The summed E-state index contributed by atoms with van der Waals surface area (Å²) in [6, 6.07) is 141. The van der Waals surface area contributed by atoms with E-state index in [1.807, 2.05) is 24.5 Å². The fourth-order valence-electron chi connectivity index (χ4n) is 19.2. The molecule has 8 aromatic heterocycles. The van der Waals surface area contributed by atoms with Gasteiger partial charge in [0.2, 0.25) is 0 Å². The SMILES string of the molecule is N#Cc1c(-n2c3ccccc3c3cc(-c4ccc5c(c4)c4ccccc4n5-c4ccccc4)ccc32)c(-c2ccccn2)c(-n2c3ccccc3c3cc(-c4ccc5c(c4)c4ccccc4n5-c4ccccc4)ccc32)c(-c2ccccn2)c1-n1c2ccccc2c2cc(-c3ccc4c(c3)c3ccccc3n4-c3ccccc3)ccc21. The predicted molar refractivity (Wildman–Crippen MR) is 480 cm³/mol. The predicted octanol–water partition coefficient (Wildman–Crippen LogP) is 27.3. The number of fused-ring (bicyclic) bond motifs is 18. The zero-order valence-corrected chi connectivity index (χ0v) is 62.6. The molecule has 0 atom stereocenters. The van der Waals surface area contributed by atoms with Crippen molar-refractivity contribution < 1.29 is 0 Å². The van der Waals surface area contributed by atoms with Gasteiger partial charge in [0, 0.05) is 94.1 Å². The molecule has 0 aliphatic carbocycles. The smallest absolute Gasteiger partial charge is 0.104 e. The molecule has 0 saturated heterocycles. The van der Waals surface area contributed by atoms with E-state index in [0.29, 0.717) is 28.3 Å². The van der Waals surface area contributed by atoms with Gasteiger partial charge in [-0.2, -0.15) is 5.26 Å². The van der Waals surface area contributed by atoms with Crippen LogP contribution in [0, 0.1) is 11.3 Å². The molecule has 0 radical (unpaired) electrons. The van der Waals surface area contributed by atoms with Crippen LogP contribution in [-0.2, 0) is 0 Å². The van der Waals surface area contributed by atoms with Crippen LogP contribution in [0.5, 0.6) is 0 Å². The summed E-state index contributed by atoms with van der Waals surface area (Å²) in [6.45, 7) is 0. The van der Waals surface area contributed by atoms with Crippen LogP contribution in [0.1, 0.15) is 5.56 Å². The molecular weight excluding hydrogens is 1410 g/mol. The monoisotopic (exact) mass is 1480 g/mol. The minimum Gasteiger partial charge on any atom is -0.309 e. The molecule has 0 spiro atoms. The van der Waals surface area contributed by atoms with Gasteiger partial charge >= 0.3 is 0 Å². The summed E-state index contributed by atoms with van der Waals surface area (Å²) < 4.78 is 14.3. The topological polar surface area (TPSA) is 79.2 Å². The normalized spacial score (nSPS) is 12.0. The van der Waals surface area contributed by atoms with Crippen LogP contribution in [-0.4, -0.2) is 37.4 Å². The van der Waals surface area contributed by atoms with Crippen LogP contribution in [0.3, 0.4) is 0 Å². The summed E-state index contributed by atoms with van der Waals surface area (Å²) in [5.74, 6) is 0. The second-order valence-corrected chi connectivity index (χ2v) is 30.2. The highest BCUT2D eigenvalue weighted by atomic mass is 15.1. The summed E-state index contributed by atoms with van der Waals surface area (Å²) in [6.07, 6.45) is 3.76. The van der Waals surface area contributed by atoms with Crippen LogP contribution >= 0.6 is 0 Å². The number of hydrogen-bond donors (Lipinski definition) is 0. The Balaban J connectivity index is 0.802. The van der Waals surface area contributed by atoms with E-state index < -0.39 is 0 Å². The Morgan fingerprint density at radius 3 is 0.655 bits per heavy atom. The molecule has 16 aromatic carbocycles. The molecule has 9 heteroatoms. The molecule has 0 bridgehead atoms. The van der Waals surface area contributed by atoms with Gasteiger partial charge in [0.1, 0.15) is 11.6 Å². The maximum absolute atomic E-state index is 13.2. The number of nitrogens with zero attached hydrogens (tertiary/aromatic N) is 9. The molecule has 0 unspecified atom stereocenters. The zero-order valence-electron chi connectivity index (χ0n) is 62.6. The lowest BCUT2D eigenvalue weighted by Crippen LogP contribution is -2.14. The van der Waals surface area contributed by atoms with Crippen molar-refractivity contribution >= 4 is 131 Å². The number of aromatic nitrogens is 8. The first-order chi connectivity index (χ1) is 57.6. The van der Waals surface area contributed by atoms with Gasteiger partial charge in [-0.15, -0.1) is 0 Å². The standard InChI is InChI=1S/C107H65N9/c108-66-88-105(114-94-43-19-13-35-79(94)85-63-70(49-55-100(85)114)67-46-52-97-82(60-67)76-32-10-16-40-91(76)111(97)73-26-4-1-5-27-73)103(89-38-22-24-58-109-89)107(116-96-45-21-15-37-81(96)87-65-72(51-57-102(87)116)69-48-54-99-84(62-69)78-34-12-18-42-93(78)113(99)75-30-8-3-9-31-75)104(90-39-23-25-59-110-90)106(88)115-95-44-20-14-36-80(95)86-64-71(50-56-101(86)115)68-47-53-98-83(61-68)77-33-11-17-41-92(77)112(98)74-28-6-2-7-29-74/h1-65H. The van der Waals surface area contributed by atoms with E-state index >= 15 is 0 Å². The van der Waals surface area contributed by atoms with Crippen molar-refractivity contribution in [2.45, 2.75) is 0 Å². The van der Waals surface area contributed by atoms with Gasteiger partial charge in [0.05, 0.1) is 106 Å². The van der Waals surface area contributed by atoms with Crippen molar-refractivity contribution in [2.75, 3.05) is 0 Å². The first-order valence-electron chi connectivity index (χ1n) is 39.4. The van der Waals surface area contributed by atoms with Crippen LogP contribution < -0.4 is 0 Å². The van der Waals surface area contributed by atoms with Crippen molar-refractivity contribution in [3.8, 4) is 96.1 Å². The van der Waals surface area contributed by atoms with Crippen molar-refractivity contribution in [1.29, 1.82) is 5.26 Å². The van der Waals surface area contributed by atoms with E-state index in [1.54, 1.807) is 0 Å². The maximum Gasteiger partial charge on any atom is 0.104 e. The number of nitriles is 1. The van der Waals surface area contributed by atoms with Gasteiger partial charge in [-0.3, -0.25) is 9.97 Å². The summed E-state index contributed by atoms with van der Waals surface area (Å²) in [4.78, 5) is 11.0. The number of benzene rings is 16. The summed E-state index contributed by atoms with van der Waals surface area (Å²) in [7, 11) is 0. The van der Waals surface area contributed by atoms with Crippen LogP contribution in [0.4, 0.5) is 0 Å². The number of para-hydroxylation sites is 9. The van der Waals surface area contributed by atoms with Gasteiger partial charge in [0.15, 0.2) is 0 Å². The summed E-state index contributed by atoms with van der Waals surface area (Å²) in [5, 5.41) is 26.6. The fraction of sp³-hybridized carbons (Fsp3) is 0. The quantitative estimate of drug-likeness (QED) is 0.129. The molecule has 9 nitrogen and oxygen atoms in total. The van der Waals surface area contributed by atoms with Gasteiger partial charge in [0.25, 0.3) is 0 Å². The second kappa shape index (κ2) is 25.6. The highest BCUT2D eigenvalue weighted by molar-refractivity contribution is 6.19. The molecule has 0 saturated carbocycles.